The van der Waals surface area contributed by atoms with E-state index in [1.165, 1.54) is 6.92 Å². The fraction of sp³-hybridized carbons (Fsp3) is 0.800. The van der Waals surface area contributed by atoms with Crippen molar-refractivity contribution in [3.8, 4) is 0 Å². The van der Waals surface area contributed by atoms with Gasteiger partial charge in [0.2, 0.25) is 5.91 Å². The minimum absolute atomic E-state index is 0.00735. The van der Waals surface area contributed by atoms with Crippen molar-refractivity contribution >= 4 is 11.9 Å². The van der Waals surface area contributed by atoms with Crippen LogP contribution < -0.4 is 10.6 Å². The van der Waals surface area contributed by atoms with Gasteiger partial charge in [0.1, 0.15) is 0 Å². The van der Waals surface area contributed by atoms with Crippen LogP contribution in [0.4, 0.5) is 4.79 Å². The van der Waals surface area contributed by atoms with E-state index in [0.29, 0.717) is 12.5 Å². The standard InChI is InChI=1S/C10H19N3O2/c1-8(14)12-6-9-4-3-5-13(7-9)10(15)11-2/h9H,3-7H2,1-2H3,(H,11,15)(H,12,14). The number of likely N-dealkylation sites (tertiary alicyclic amines) is 1. The van der Waals surface area contributed by atoms with Gasteiger partial charge in [-0.2, -0.15) is 0 Å². The molecule has 86 valence electrons. The lowest BCUT2D eigenvalue weighted by atomic mass is 9.98. The summed E-state index contributed by atoms with van der Waals surface area (Å²) >= 11 is 0. The summed E-state index contributed by atoms with van der Waals surface area (Å²) in [6.07, 6.45) is 2.09. The van der Waals surface area contributed by atoms with Gasteiger partial charge in [-0.25, -0.2) is 4.79 Å². The number of urea groups is 1. The summed E-state index contributed by atoms with van der Waals surface area (Å²) in [4.78, 5) is 23.9. The molecular weight excluding hydrogens is 194 g/mol. The van der Waals surface area contributed by atoms with Gasteiger partial charge in [-0.15, -0.1) is 0 Å². The van der Waals surface area contributed by atoms with Crippen LogP contribution in [-0.4, -0.2) is 43.5 Å². The molecule has 15 heavy (non-hydrogen) atoms. The summed E-state index contributed by atoms with van der Waals surface area (Å²) in [6.45, 7) is 3.73. The molecule has 0 radical (unpaired) electrons. The first-order valence-electron chi connectivity index (χ1n) is 5.34. The zero-order chi connectivity index (χ0) is 11.3. The highest BCUT2D eigenvalue weighted by Crippen LogP contribution is 2.15. The second kappa shape index (κ2) is 5.58. The first-order valence-corrected chi connectivity index (χ1v) is 5.34. The Morgan fingerprint density at radius 1 is 1.47 bits per heavy atom. The van der Waals surface area contributed by atoms with Crippen LogP contribution in [0.25, 0.3) is 0 Å². The van der Waals surface area contributed by atoms with Crippen LogP contribution in [0.2, 0.25) is 0 Å². The third-order valence-electron chi connectivity index (χ3n) is 2.66. The van der Waals surface area contributed by atoms with Crippen molar-refractivity contribution < 1.29 is 9.59 Å². The zero-order valence-electron chi connectivity index (χ0n) is 9.38. The van der Waals surface area contributed by atoms with E-state index in [2.05, 4.69) is 10.6 Å². The molecule has 2 N–H and O–H groups in total. The van der Waals surface area contributed by atoms with Crippen molar-refractivity contribution in [2.24, 2.45) is 5.92 Å². The lowest BCUT2D eigenvalue weighted by Gasteiger charge is -2.32. The second-order valence-corrected chi connectivity index (χ2v) is 3.95. The highest BCUT2D eigenvalue weighted by molar-refractivity contribution is 5.74. The maximum atomic E-state index is 11.4. The fourth-order valence-electron chi connectivity index (χ4n) is 1.86. The molecule has 1 heterocycles. The van der Waals surface area contributed by atoms with Crippen molar-refractivity contribution in [3.63, 3.8) is 0 Å². The highest BCUT2D eigenvalue weighted by Gasteiger charge is 2.22. The third kappa shape index (κ3) is 3.77. The normalized spacial score (nSPS) is 20.9. The summed E-state index contributed by atoms with van der Waals surface area (Å²) in [7, 11) is 1.64. The highest BCUT2D eigenvalue weighted by atomic mass is 16.2. The summed E-state index contributed by atoms with van der Waals surface area (Å²) < 4.78 is 0. The minimum Gasteiger partial charge on any atom is -0.356 e. The van der Waals surface area contributed by atoms with Gasteiger partial charge >= 0.3 is 6.03 Å². The lowest BCUT2D eigenvalue weighted by molar-refractivity contribution is -0.119. The van der Waals surface area contributed by atoms with E-state index in [1.54, 1.807) is 11.9 Å². The number of hydrogen-bond acceptors (Lipinski definition) is 2. The SMILES string of the molecule is CNC(=O)N1CCCC(CNC(C)=O)C1. The minimum atomic E-state index is -0.0254. The van der Waals surface area contributed by atoms with Crippen LogP contribution in [0.5, 0.6) is 0 Å². The monoisotopic (exact) mass is 213 g/mol. The molecule has 0 aromatic carbocycles. The van der Waals surface area contributed by atoms with Crippen LogP contribution in [0, 0.1) is 5.92 Å². The first-order chi connectivity index (χ1) is 7.13. The predicted molar refractivity (Wildman–Crippen MR) is 57.4 cm³/mol. The number of nitrogens with one attached hydrogen (secondary N) is 2. The van der Waals surface area contributed by atoms with E-state index < -0.39 is 0 Å². The predicted octanol–water partition coefficient (Wildman–Crippen LogP) is 0.174. The van der Waals surface area contributed by atoms with Crippen LogP contribution in [-0.2, 0) is 4.79 Å². The van der Waals surface area contributed by atoms with Gasteiger partial charge in [0, 0.05) is 33.6 Å². The smallest absolute Gasteiger partial charge is 0.317 e. The molecule has 0 spiro atoms. The van der Waals surface area contributed by atoms with Crippen molar-refractivity contribution in [2.75, 3.05) is 26.7 Å². The lowest BCUT2D eigenvalue weighted by Crippen LogP contribution is -2.46. The Hall–Kier alpha value is -1.26. The molecule has 1 aliphatic heterocycles. The number of rotatable bonds is 2. The number of amides is 3. The molecule has 1 fully saturated rings. The molecule has 0 aliphatic carbocycles. The molecule has 1 saturated heterocycles. The molecule has 1 unspecified atom stereocenters. The van der Waals surface area contributed by atoms with Gasteiger partial charge in [-0.1, -0.05) is 0 Å². The molecule has 5 heteroatoms. The van der Waals surface area contributed by atoms with E-state index in [1.807, 2.05) is 0 Å². The Labute approximate surface area is 90.2 Å². The summed E-state index contributed by atoms with van der Waals surface area (Å²) in [5.74, 6) is 0.381. The van der Waals surface area contributed by atoms with E-state index in [9.17, 15) is 9.59 Å². The quantitative estimate of drug-likeness (QED) is 0.687. The number of carbonyl (C=O) groups is 2. The summed E-state index contributed by atoms with van der Waals surface area (Å²) in [5.41, 5.74) is 0. The largest absolute Gasteiger partial charge is 0.356 e. The van der Waals surface area contributed by atoms with Gasteiger partial charge in [-0.05, 0) is 18.8 Å². The van der Waals surface area contributed by atoms with Crippen molar-refractivity contribution in [3.05, 3.63) is 0 Å². The number of piperidine rings is 1. The van der Waals surface area contributed by atoms with Gasteiger partial charge < -0.3 is 15.5 Å². The molecule has 0 bridgehead atoms. The Kier molecular flexibility index (Phi) is 4.39. The molecule has 1 rings (SSSR count). The number of nitrogens with zero attached hydrogens (tertiary/aromatic N) is 1. The summed E-state index contributed by atoms with van der Waals surface area (Å²) in [6, 6.07) is -0.0254. The zero-order valence-corrected chi connectivity index (χ0v) is 9.38. The van der Waals surface area contributed by atoms with Crippen molar-refractivity contribution in [1.82, 2.24) is 15.5 Å². The Bertz CT molecular complexity index is 243. The van der Waals surface area contributed by atoms with E-state index in [4.69, 9.17) is 0 Å². The molecule has 5 nitrogen and oxygen atoms in total. The summed E-state index contributed by atoms with van der Waals surface area (Å²) in [5, 5.41) is 5.42. The van der Waals surface area contributed by atoms with Crippen LogP contribution in [0.1, 0.15) is 19.8 Å². The van der Waals surface area contributed by atoms with Crippen molar-refractivity contribution in [2.45, 2.75) is 19.8 Å². The molecule has 0 aromatic heterocycles. The van der Waals surface area contributed by atoms with Crippen LogP contribution >= 0.6 is 0 Å². The molecule has 1 atom stereocenters. The third-order valence-corrected chi connectivity index (χ3v) is 2.66. The Morgan fingerprint density at radius 3 is 2.80 bits per heavy atom. The number of hydrogen-bond donors (Lipinski definition) is 2. The maximum Gasteiger partial charge on any atom is 0.317 e. The fourth-order valence-corrected chi connectivity index (χ4v) is 1.86. The molecule has 1 aliphatic rings. The molecule has 3 amide bonds. The van der Waals surface area contributed by atoms with Gasteiger partial charge in [0.05, 0.1) is 0 Å². The van der Waals surface area contributed by atoms with Gasteiger partial charge in [-0.3, -0.25) is 4.79 Å². The Balaban J connectivity index is 2.35. The average Bonchev–Trinajstić information content (AvgIpc) is 2.25. The average molecular weight is 213 g/mol. The van der Waals surface area contributed by atoms with Gasteiger partial charge in [0.25, 0.3) is 0 Å². The molecular formula is C10H19N3O2. The van der Waals surface area contributed by atoms with Crippen LogP contribution in [0.3, 0.4) is 0 Å². The number of carbonyl (C=O) groups excluding carboxylic acids is 2. The second-order valence-electron chi connectivity index (χ2n) is 3.95. The van der Waals surface area contributed by atoms with Crippen molar-refractivity contribution in [1.29, 1.82) is 0 Å². The van der Waals surface area contributed by atoms with Crippen LogP contribution in [0.15, 0.2) is 0 Å². The molecule has 0 saturated carbocycles. The molecule has 0 aromatic rings. The van der Waals surface area contributed by atoms with E-state index in [0.717, 1.165) is 25.9 Å². The van der Waals surface area contributed by atoms with E-state index >= 15 is 0 Å². The van der Waals surface area contributed by atoms with Gasteiger partial charge in [0.15, 0.2) is 0 Å². The Morgan fingerprint density at radius 2 is 2.20 bits per heavy atom. The topological polar surface area (TPSA) is 61.4 Å². The van der Waals surface area contributed by atoms with E-state index in [-0.39, 0.29) is 11.9 Å². The maximum absolute atomic E-state index is 11.4. The first kappa shape index (κ1) is 11.8.